The minimum atomic E-state index is -4.50. The van der Waals surface area contributed by atoms with Crippen molar-refractivity contribution >= 4 is 30.4 Å². The summed E-state index contributed by atoms with van der Waals surface area (Å²) in [6.45, 7) is 4.98. The molecule has 3 aromatic rings. The number of rotatable bonds is 9. The summed E-state index contributed by atoms with van der Waals surface area (Å²) in [5.74, 6) is 0. The molecule has 11 nitrogen and oxygen atoms in total. The average molecular weight is 625 g/mol. The van der Waals surface area contributed by atoms with Crippen LogP contribution in [0.4, 0.5) is 0 Å². The Labute approximate surface area is 239 Å². The quantitative estimate of drug-likeness (QED) is 0.324. The van der Waals surface area contributed by atoms with Gasteiger partial charge in [-0.2, -0.15) is 25.3 Å². The fourth-order valence-corrected chi connectivity index (χ4v) is 7.63. The topological polar surface area (TPSA) is 149 Å². The van der Waals surface area contributed by atoms with Gasteiger partial charge < -0.3 is 9.47 Å². The summed E-state index contributed by atoms with van der Waals surface area (Å²) in [6, 6.07) is 17.5. The molecule has 0 spiro atoms. The molecule has 2 fully saturated rings. The van der Waals surface area contributed by atoms with Gasteiger partial charge in [-0.05, 0) is 57.2 Å². The molecule has 5 atom stereocenters. The second kappa shape index (κ2) is 11.2. The fraction of sp³-hybridized carbons (Fsp3) is 0.333. The van der Waals surface area contributed by atoms with Gasteiger partial charge in [0.15, 0.2) is 12.4 Å². The van der Waals surface area contributed by atoms with E-state index < -0.39 is 61.1 Å². The molecule has 2 heterocycles. The van der Waals surface area contributed by atoms with Gasteiger partial charge in [0.2, 0.25) is 0 Å². The Morgan fingerprint density at radius 1 is 0.561 bits per heavy atom. The van der Waals surface area contributed by atoms with Gasteiger partial charge >= 0.3 is 0 Å². The zero-order valence-corrected chi connectivity index (χ0v) is 24.7. The predicted octanol–water partition coefficient (Wildman–Crippen LogP) is 2.99. The van der Waals surface area contributed by atoms with E-state index in [1.807, 2.05) is 0 Å². The molecule has 0 aromatic heterocycles. The highest BCUT2D eigenvalue weighted by atomic mass is 32.2. The summed E-state index contributed by atoms with van der Waals surface area (Å²) in [6.07, 6.45) is -7.41. The molecule has 0 unspecified atom stereocenters. The van der Waals surface area contributed by atoms with Crippen molar-refractivity contribution in [2.24, 2.45) is 0 Å². The first-order valence-corrected chi connectivity index (χ1v) is 16.7. The molecule has 5 rings (SSSR count). The summed E-state index contributed by atoms with van der Waals surface area (Å²) in [5, 5.41) is 0. The van der Waals surface area contributed by atoms with Gasteiger partial charge in [-0.25, -0.2) is 0 Å². The standard InChI is InChI=1S/C27H28O11S3/c1-17-4-10-20(11-5-17)39(28,29)36-23-16-34-27-26(38-41(32,33)22-14-8-19(3)9-15-22)25(24(23)35-27)37-40(30,31)21-12-6-18(2)7-13-21/h4-15,23-27H,16H2,1-3H3/t23-,24+,25-,26+,27+/m1/s1. The number of hydrogen-bond donors (Lipinski definition) is 0. The lowest BCUT2D eigenvalue weighted by atomic mass is 10.1. The Morgan fingerprint density at radius 2 is 0.927 bits per heavy atom. The maximum Gasteiger partial charge on any atom is 0.297 e. The van der Waals surface area contributed by atoms with Crippen molar-refractivity contribution in [2.45, 2.75) is 66.2 Å². The Bertz CT molecular complexity index is 1720. The summed E-state index contributed by atoms with van der Waals surface area (Å²) < 4.78 is 107. The van der Waals surface area contributed by atoms with E-state index in [9.17, 15) is 25.3 Å². The maximum absolute atomic E-state index is 13.3. The number of fused-ring (bicyclic) bond motifs is 2. The largest absolute Gasteiger partial charge is 0.347 e. The maximum atomic E-state index is 13.3. The van der Waals surface area contributed by atoms with Gasteiger partial charge in [-0.15, -0.1) is 0 Å². The highest BCUT2D eigenvalue weighted by Crippen LogP contribution is 2.38. The monoisotopic (exact) mass is 624 g/mol. The molecule has 2 aliphatic heterocycles. The van der Waals surface area contributed by atoms with Crippen molar-refractivity contribution in [3.05, 3.63) is 89.5 Å². The third-order valence-corrected chi connectivity index (χ3v) is 10.7. The SMILES string of the molecule is Cc1ccc(S(=O)(=O)O[C@H]2[C@H](OS(=O)(=O)c3ccc(C)cc3)[C@H]3OC[C@@H](OS(=O)(=O)c4ccc(C)cc4)[C@@H]2O3)cc1. The van der Waals surface area contributed by atoms with Crippen LogP contribution in [-0.2, 0) is 52.4 Å². The number of aryl methyl sites for hydroxylation is 3. The van der Waals surface area contributed by atoms with E-state index >= 15 is 0 Å². The molecule has 220 valence electrons. The zero-order valence-electron chi connectivity index (χ0n) is 22.2. The summed E-state index contributed by atoms with van der Waals surface area (Å²) in [4.78, 5) is -0.516. The van der Waals surface area contributed by atoms with E-state index in [0.717, 1.165) is 16.7 Å². The van der Waals surface area contributed by atoms with Gasteiger partial charge in [-0.3, -0.25) is 12.5 Å². The minimum Gasteiger partial charge on any atom is -0.347 e. The van der Waals surface area contributed by atoms with Crippen molar-refractivity contribution in [1.82, 2.24) is 0 Å². The van der Waals surface area contributed by atoms with Crippen LogP contribution in [0.5, 0.6) is 0 Å². The Morgan fingerprint density at radius 3 is 1.34 bits per heavy atom. The average Bonchev–Trinajstić information content (AvgIpc) is 3.17. The van der Waals surface area contributed by atoms with Crippen LogP contribution in [0.2, 0.25) is 0 Å². The molecule has 2 bridgehead atoms. The van der Waals surface area contributed by atoms with Gasteiger partial charge in [0.1, 0.15) is 18.3 Å². The Balaban J connectivity index is 1.48. The first-order valence-electron chi connectivity index (χ1n) is 12.5. The van der Waals surface area contributed by atoms with Crippen LogP contribution in [-0.4, -0.2) is 62.6 Å². The zero-order chi connectivity index (χ0) is 29.6. The van der Waals surface area contributed by atoms with E-state index in [0.29, 0.717) is 0 Å². The molecule has 2 saturated heterocycles. The van der Waals surface area contributed by atoms with E-state index in [1.54, 1.807) is 57.2 Å². The molecule has 0 amide bonds. The Kier molecular flexibility index (Phi) is 8.13. The lowest BCUT2D eigenvalue weighted by Gasteiger charge is -2.29. The fourth-order valence-electron chi connectivity index (χ4n) is 4.40. The van der Waals surface area contributed by atoms with Crippen LogP contribution in [0.25, 0.3) is 0 Å². The molecular weight excluding hydrogens is 596 g/mol. The number of hydrogen-bond acceptors (Lipinski definition) is 11. The van der Waals surface area contributed by atoms with E-state index in [2.05, 4.69) is 0 Å². The normalized spacial score (nSPS) is 24.8. The van der Waals surface area contributed by atoms with Crippen LogP contribution in [0.3, 0.4) is 0 Å². The number of benzene rings is 3. The van der Waals surface area contributed by atoms with E-state index in [4.69, 9.17) is 22.0 Å². The molecule has 0 saturated carbocycles. The van der Waals surface area contributed by atoms with Crippen molar-refractivity contribution < 1.29 is 47.3 Å². The van der Waals surface area contributed by atoms with Gasteiger partial charge in [0.05, 0.1) is 21.3 Å². The third kappa shape index (κ3) is 6.39. The molecule has 0 radical (unpaired) electrons. The Hall–Kier alpha value is -2.69. The highest BCUT2D eigenvalue weighted by Gasteiger charge is 2.58. The second-order valence-electron chi connectivity index (χ2n) is 9.86. The molecule has 41 heavy (non-hydrogen) atoms. The van der Waals surface area contributed by atoms with Crippen LogP contribution >= 0.6 is 0 Å². The lowest BCUT2D eigenvalue weighted by Crippen LogP contribution is -2.46. The van der Waals surface area contributed by atoms with Crippen molar-refractivity contribution in [3.8, 4) is 0 Å². The van der Waals surface area contributed by atoms with Crippen molar-refractivity contribution in [3.63, 3.8) is 0 Å². The van der Waals surface area contributed by atoms with Gasteiger partial charge in [0, 0.05) is 0 Å². The molecule has 3 aromatic carbocycles. The number of ether oxygens (including phenoxy) is 2. The van der Waals surface area contributed by atoms with Gasteiger partial charge in [-0.1, -0.05) is 53.1 Å². The van der Waals surface area contributed by atoms with Crippen LogP contribution in [0.15, 0.2) is 87.5 Å². The molecular formula is C27H28O11S3. The van der Waals surface area contributed by atoms with Crippen LogP contribution in [0, 0.1) is 20.8 Å². The third-order valence-electron chi connectivity index (χ3n) is 6.65. The summed E-state index contributed by atoms with van der Waals surface area (Å²) >= 11 is 0. The van der Waals surface area contributed by atoms with Crippen molar-refractivity contribution in [1.29, 1.82) is 0 Å². The smallest absolute Gasteiger partial charge is 0.297 e. The molecule has 14 heteroatoms. The second-order valence-corrected chi connectivity index (χ2v) is 14.6. The van der Waals surface area contributed by atoms with Crippen LogP contribution in [0.1, 0.15) is 16.7 Å². The first-order chi connectivity index (χ1) is 19.2. The van der Waals surface area contributed by atoms with Gasteiger partial charge in [0.25, 0.3) is 30.4 Å². The molecule has 2 aliphatic rings. The van der Waals surface area contributed by atoms with E-state index in [-0.39, 0.29) is 21.3 Å². The minimum absolute atomic E-state index is 0.136. The predicted molar refractivity (Wildman–Crippen MR) is 144 cm³/mol. The lowest BCUT2D eigenvalue weighted by molar-refractivity contribution is -0.225. The molecule has 0 aliphatic carbocycles. The summed E-state index contributed by atoms with van der Waals surface area (Å²) in [7, 11) is -13.3. The highest BCUT2D eigenvalue weighted by molar-refractivity contribution is 7.87. The van der Waals surface area contributed by atoms with Crippen LogP contribution < -0.4 is 0 Å². The molecule has 0 N–H and O–H groups in total. The first kappa shape index (κ1) is 29.8. The van der Waals surface area contributed by atoms with E-state index in [1.165, 1.54) is 36.4 Å². The van der Waals surface area contributed by atoms with Crippen molar-refractivity contribution in [2.75, 3.05) is 6.61 Å². The summed E-state index contributed by atoms with van der Waals surface area (Å²) in [5.41, 5.74) is 2.45.